The van der Waals surface area contributed by atoms with Crippen molar-refractivity contribution in [1.82, 2.24) is 15.5 Å². The van der Waals surface area contributed by atoms with Gasteiger partial charge in [0.2, 0.25) is 5.82 Å². The summed E-state index contributed by atoms with van der Waals surface area (Å²) in [4.78, 5) is 14.8. The Kier molecular flexibility index (Phi) is 7.29. The minimum atomic E-state index is -4.47. The van der Waals surface area contributed by atoms with Gasteiger partial charge in [-0.05, 0) is 41.7 Å². The zero-order valence-electron chi connectivity index (χ0n) is 17.7. The van der Waals surface area contributed by atoms with E-state index in [1.54, 1.807) is 18.2 Å². The maximum Gasteiger partial charge on any atom is 0.416 e. The van der Waals surface area contributed by atoms with Crippen LogP contribution in [0, 0.1) is 5.92 Å². The Bertz CT molecular complexity index is 1060. The predicted octanol–water partition coefficient (Wildman–Crippen LogP) is 5.19. The molecule has 0 amide bonds. The number of aliphatic carboxylic acids is 1. The lowest BCUT2D eigenvalue weighted by molar-refractivity contribution is -0.138. The highest BCUT2D eigenvalue weighted by Gasteiger charge is 2.34. The highest BCUT2D eigenvalue weighted by molar-refractivity contribution is 5.66. The van der Waals surface area contributed by atoms with E-state index < -0.39 is 17.7 Å². The van der Waals surface area contributed by atoms with Gasteiger partial charge in [-0.15, -0.1) is 0 Å². The van der Waals surface area contributed by atoms with Crippen molar-refractivity contribution in [3.05, 3.63) is 59.2 Å². The molecule has 32 heavy (non-hydrogen) atoms. The molecule has 2 aromatic carbocycles. The number of carboxylic acid groups (broad SMARTS) is 1. The van der Waals surface area contributed by atoms with Gasteiger partial charge in [-0.1, -0.05) is 43.3 Å². The fourth-order valence-corrected chi connectivity index (χ4v) is 3.25. The normalized spacial score (nSPS) is 11.8. The van der Waals surface area contributed by atoms with Crippen LogP contribution in [0.1, 0.15) is 37.0 Å². The maximum atomic E-state index is 13.6. The topological polar surface area (TPSA) is 88.2 Å². The number of rotatable bonds is 9. The van der Waals surface area contributed by atoms with E-state index >= 15 is 0 Å². The smallest absolute Gasteiger partial charge is 0.416 e. The van der Waals surface area contributed by atoms with Crippen molar-refractivity contribution in [2.45, 2.75) is 39.4 Å². The van der Waals surface area contributed by atoms with Crippen LogP contribution >= 0.6 is 0 Å². The third-order valence-corrected chi connectivity index (χ3v) is 4.77. The van der Waals surface area contributed by atoms with Crippen molar-refractivity contribution < 1.29 is 27.6 Å². The van der Waals surface area contributed by atoms with Crippen LogP contribution in [0.5, 0.6) is 0 Å². The van der Waals surface area contributed by atoms with E-state index in [4.69, 9.17) is 9.63 Å². The summed E-state index contributed by atoms with van der Waals surface area (Å²) >= 11 is 0. The molecule has 0 aliphatic rings. The Hall–Kier alpha value is -3.20. The summed E-state index contributed by atoms with van der Waals surface area (Å²) < 4.78 is 45.9. The highest BCUT2D eigenvalue weighted by Crippen LogP contribution is 2.35. The second-order valence-corrected chi connectivity index (χ2v) is 7.91. The van der Waals surface area contributed by atoms with Gasteiger partial charge in [0.1, 0.15) is 0 Å². The van der Waals surface area contributed by atoms with E-state index in [1.165, 1.54) is 6.07 Å². The summed E-state index contributed by atoms with van der Waals surface area (Å²) in [5, 5.41) is 15.5. The van der Waals surface area contributed by atoms with Crippen LogP contribution in [0.2, 0.25) is 0 Å². The van der Waals surface area contributed by atoms with E-state index in [0.29, 0.717) is 25.1 Å². The van der Waals surface area contributed by atoms with Crippen molar-refractivity contribution in [1.29, 1.82) is 0 Å². The molecule has 1 heterocycles. The number of hydrogen-bond donors (Lipinski definition) is 2. The minimum Gasteiger partial charge on any atom is -0.481 e. The molecule has 0 saturated heterocycles. The zero-order valence-corrected chi connectivity index (χ0v) is 17.7. The van der Waals surface area contributed by atoms with Crippen molar-refractivity contribution in [3.63, 3.8) is 0 Å². The van der Waals surface area contributed by atoms with Crippen molar-refractivity contribution in [2.24, 2.45) is 5.92 Å². The number of aromatic nitrogens is 2. The standard InChI is InChI=1S/C23H24F3N3O3/c1-14(2)11-17-7-8-18(12-19(17)23(24,25)26)21-28-22(32-29-21)16-5-3-15(4-6-16)13-27-10-9-20(30)31/h3-8,12,14,27H,9-11,13H2,1-2H3,(H,30,31). The molecule has 3 rings (SSSR count). The van der Waals surface area contributed by atoms with Gasteiger partial charge in [0.05, 0.1) is 12.0 Å². The van der Waals surface area contributed by atoms with Gasteiger partial charge in [-0.25, -0.2) is 0 Å². The molecular formula is C23H24F3N3O3. The Balaban J connectivity index is 1.76. The van der Waals surface area contributed by atoms with Gasteiger partial charge in [-0.3, -0.25) is 4.79 Å². The number of carbonyl (C=O) groups is 1. The first kappa shape index (κ1) is 23.5. The second-order valence-electron chi connectivity index (χ2n) is 7.91. The molecule has 0 radical (unpaired) electrons. The predicted molar refractivity (Wildman–Crippen MR) is 113 cm³/mol. The first-order valence-electron chi connectivity index (χ1n) is 10.2. The summed E-state index contributed by atoms with van der Waals surface area (Å²) in [5.74, 6) is -0.489. The van der Waals surface area contributed by atoms with Crippen LogP contribution < -0.4 is 5.32 Å². The molecular weight excluding hydrogens is 423 g/mol. The molecule has 0 fully saturated rings. The molecule has 1 aromatic heterocycles. The Morgan fingerprint density at radius 3 is 2.44 bits per heavy atom. The van der Waals surface area contributed by atoms with Crippen LogP contribution in [0.15, 0.2) is 47.0 Å². The largest absolute Gasteiger partial charge is 0.481 e. The van der Waals surface area contributed by atoms with Crippen molar-refractivity contribution in [2.75, 3.05) is 6.54 Å². The van der Waals surface area contributed by atoms with Crippen molar-refractivity contribution >= 4 is 5.97 Å². The number of nitrogens with zero attached hydrogens (tertiary/aromatic N) is 2. The SMILES string of the molecule is CC(C)Cc1ccc(-c2noc(-c3ccc(CNCCC(=O)O)cc3)n2)cc1C(F)(F)F. The zero-order chi connectivity index (χ0) is 23.3. The summed E-state index contributed by atoms with van der Waals surface area (Å²) in [5.41, 5.74) is 1.36. The Morgan fingerprint density at radius 1 is 1.12 bits per heavy atom. The Labute approximate surface area is 183 Å². The molecule has 170 valence electrons. The fourth-order valence-electron chi connectivity index (χ4n) is 3.25. The van der Waals surface area contributed by atoms with Gasteiger partial charge in [0, 0.05) is 24.2 Å². The van der Waals surface area contributed by atoms with Crippen molar-refractivity contribution in [3.8, 4) is 22.8 Å². The number of benzene rings is 2. The molecule has 0 spiro atoms. The third kappa shape index (κ3) is 6.16. The first-order chi connectivity index (χ1) is 15.1. The molecule has 0 saturated carbocycles. The van der Waals surface area contributed by atoms with E-state index in [1.807, 2.05) is 26.0 Å². The van der Waals surface area contributed by atoms with Gasteiger partial charge in [0.25, 0.3) is 5.89 Å². The second kappa shape index (κ2) is 9.95. The molecule has 3 aromatic rings. The van der Waals surface area contributed by atoms with Crippen LogP contribution in [0.3, 0.4) is 0 Å². The number of halogens is 3. The fraction of sp³-hybridized carbons (Fsp3) is 0.348. The molecule has 0 unspecified atom stereocenters. The lowest BCUT2D eigenvalue weighted by Gasteiger charge is -2.15. The molecule has 0 aliphatic heterocycles. The maximum absolute atomic E-state index is 13.6. The summed E-state index contributed by atoms with van der Waals surface area (Å²) in [6, 6.07) is 11.3. The van der Waals surface area contributed by atoms with E-state index in [9.17, 15) is 18.0 Å². The molecule has 0 aliphatic carbocycles. The summed E-state index contributed by atoms with van der Waals surface area (Å²) in [6.45, 7) is 4.61. The number of hydrogen-bond acceptors (Lipinski definition) is 5. The van der Waals surface area contributed by atoms with Crippen LogP contribution in [0.25, 0.3) is 22.8 Å². The number of alkyl halides is 3. The molecule has 0 bridgehead atoms. The summed E-state index contributed by atoms with van der Waals surface area (Å²) in [6.07, 6.45) is -4.11. The third-order valence-electron chi connectivity index (χ3n) is 4.77. The molecule has 6 nitrogen and oxygen atoms in total. The van der Waals surface area contributed by atoms with E-state index in [-0.39, 0.29) is 35.2 Å². The monoisotopic (exact) mass is 447 g/mol. The van der Waals surface area contributed by atoms with Gasteiger partial charge < -0.3 is 14.9 Å². The van der Waals surface area contributed by atoms with E-state index in [2.05, 4.69) is 15.5 Å². The van der Waals surface area contributed by atoms with Crippen LogP contribution in [-0.2, 0) is 23.9 Å². The van der Waals surface area contributed by atoms with Gasteiger partial charge in [-0.2, -0.15) is 18.2 Å². The van der Waals surface area contributed by atoms with Crippen LogP contribution in [0.4, 0.5) is 13.2 Å². The number of carboxylic acids is 1. The Morgan fingerprint density at radius 2 is 1.81 bits per heavy atom. The average Bonchev–Trinajstić information content (AvgIpc) is 3.21. The van der Waals surface area contributed by atoms with Crippen LogP contribution in [-0.4, -0.2) is 27.8 Å². The first-order valence-corrected chi connectivity index (χ1v) is 10.2. The molecule has 2 N–H and O–H groups in total. The quantitative estimate of drug-likeness (QED) is 0.439. The van der Waals surface area contributed by atoms with E-state index in [0.717, 1.165) is 11.6 Å². The minimum absolute atomic E-state index is 0.0390. The lowest BCUT2D eigenvalue weighted by Crippen LogP contribution is -2.17. The average molecular weight is 447 g/mol. The highest BCUT2D eigenvalue weighted by atomic mass is 19.4. The molecule has 0 atom stereocenters. The van der Waals surface area contributed by atoms with Gasteiger partial charge in [0.15, 0.2) is 0 Å². The lowest BCUT2D eigenvalue weighted by atomic mass is 9.95. The summed E-state index contributed by atoms with van der Waals surface area (Å²) in [7, 11) is 0. The number of nitrogens with one attached hydrogen (secondary N) is 1. The van der Waals surface area contributed by atoms with Gasteiger partial charge >= 0.3 is 12.1 Å². The molecule has 9 heteroatoms.